The lowest BCUT2D eigenvalue weighted by Crippen LogP contribution is -2.39. The number of hydrogen-bond donors (Lipinski definition) is 1. The van der Waals surface area contributed by atoms with Crippen LogP contribution >= 0.6 is 0 Å². The zero-order valence-corrected chi connectivity index (χ0v) is 11.0. The highest BCUT2D eigenvalue weighted by molar-refractivity contribution is 5.92. The number of carbonyl (C=O) groups is 1. The molecule has 3 aliphatic rings. The molecular weight excluding hydrogens is 256 g/mol. The smallest absolute Gasteiger partial charge is 0.338 e. The van der Waals surface area contributed by atoms with E-state index in [9.17, 15) is 10.1 Å². The predicted octanol–water partition coefficient (Wildman–Crippen LogP) is 1.66. The lowest BCUT2D eigenvalue weighted by molar-refractivity contribution is -0.147. The summed E-state index contributed by atoms with van der Waals surface area (Å²) in [7, 11) is 0. The summed E-state index contributed by atoms with van der Waals surface area (Å²) < 4.78 is 11.0. The average molecular weight is 270 g/mol. The second-order valence-corrected chi connectivity index (χ2v) is 4.90. The Kier molecular flexibility index (Phi) is 2.87. The SMILES string of the molecule is CC[C@@H]1C(C#N)=C(N)OC2=C1C(=O)O[C@@H]1C=CC=C[C@H]21. The van der Waals surface area contributed by atoms with Crippen LogP contribution < -0.4 is 5.73 Å². The van der Waals surface area contributed by atoms with E-state index in [1.54, 1.807) is 0 Å². The number of carbonyl (C=O) groups excluding carboxylic acids is 1. The lowest BCUT2D eigenvalue weighted by atomic mass is 9.80. The zero-order valence-electron chi connectivity index (χ0n) is 11.0. The molecular formula is C15H14N2O3. The minimum atomic E-state index is -0.423. The largest absolute Gasteiger partial charge is 0.454 e. The van der Waals surface area contributed by atoms with Crippen LogP contribution in [0.25, 0.3) is 0 Å². The summed E-state index contributed by atoms with van der Waals surface area (Å²) in [6.07, 6.45) is 7.69. The van der Waals surface area contributed by atoms with E-state index in [1.807, 2.05) is 37.3 Å². The molecule has 5 heteroatoms. The summed E-state index contributed by atoms with van der Waals surface area (Å²) >= 11 is 0. The predicted molar refractivity (Wildman–Crippen MR) is 70.4 cm³/mol. The Hall–Kier alpha value is -2.48. The topological polar surface area (TPSA) is 85.3 Å². The van der Waals surface area contributed by atoms with Crippen molar-refractivity contribution in [2.24, 2.45) is 17.6 Å². The normalized spacial score (nSPS) is 31.2. The Bertz CT molecular complexity index is 634. The van der Waals surface area contributed by atoms with Gasteiger partial charge in [0.05, 0.1) is 17.1 Å². The Labute approximate surface area is 116 Å². The van der Waals surface area contributed by atoms with Gasteiger partial charge in [-0.1, -0.05) is 25.2 Å². The Morgan fingerprint density at radius 3 is 2.85 bits per heavy atom. The molecule has 0 saturated carbocycles. The number of esters is 1. The third kappa shape index (κ3) is 1.65. The van der Waals surface area contributed by atoms with Crippen LogP contribution in [0.2, 0.25) is 0 Å². The first kappa shape index (κ1) is 12.5. The molecule has 0 bridgehead atoms. The molecule has 0 amide bonds. The maximum absolute atomic E-state index is 12.2. The van der Waals surface area contributed by atoms with Crippen LogP contribution in [0.1, 0.15) is 13.3 Å². The maximum Gasteiger partial charge on any atom is 0.338 e. The summed E-state index contributed by atoms with van der Waals surface area (Å²) in [5.41, 5.74) is 6.57. The van der Waals surface area contributed by atoms with E-state index in [1.165, 1.54) is 0 Å². The molecule has 2 heterocycles. The van der Waals surface area contributed by atoms with E-state index in [0.29, 0.717) is 23.3 Å². The highest BCUT2D eigenvalue weighted by atomic mass is 16.6. The van der Waals surface area contributed by atoms with Gasteiger partial charge < -0.3 is 15.2 Å². The Balaban J connectivity index is 2.11. The van der Waals surface area contributed by atoms with Gasteiger partial charge in [0.2, 0.25) is 5.88 Å². The highest BCUT2D eigenvalue weighted by Gasteiger charge is 2.44. The molecule has 2 aliphatic heterocycles. The summed E-state index contributed by atoms with van der Waals surface area (Å²) in [6.45, 7) is 1.90. The van der Waals surface area contributed by atoms with Gasteiger partial charge in [0, 0.05) is 5.92 Å². The first-order valence-electron chi connectivity index (χ1n) is 6.55. The zero-order chi connectivity index (χ0) is 14.3. The molecule has 102 valence electrons. The first-order valence-corrected chi connectivity index (χ1v) is 6.55. The number of hydrogen-bond acceptors (Lipinski definition) is 5. The van der Waals surface area contributed by atoms with Gasteiger partial charge in [0.1, 0.15) is 17.9 Å². The minimum absolute atomic E-state index is 0.0921. The van der Waals surface area contributed by atoms with Crippen LogP contribution in [-0.4, -0.2) is 12.1 Å². The van der Waals surface area contributed by atoms with Gasteiger partial charge in [-0.15, -0.1) is 0 Å². The number of rotatable bonds is 1. The number of allylic oxidation sites excluding steroid dienone is 3. The van der Waals surface area contributed by atoms with Gasteiger partial charge in [-0.3, -0.25) is 0 Å². The van der Waals surface area contributed by atoms with Gasteiger partial charge in [0.15, 0.2) is 0 Å². The van der Waals surface area contributed by atoms with Crippen molar-refractivity contribution in [2.45, 2.75) is 19.4 Å². The van der Waals surface area contributed by atoms with Gasteiger partial charge in [0.25, 0.3) is 0 Å². The molecule has 0 aromatic heterocycles. The summed E-state index contributed by atoms with van der Waals surface area (Å²) in [5.74, 6) is -0.324. The van der Waals surface area contributed by atoms with Crippen molar-refractivity contribution in [1.29, 1.82) is 5.26 Å². The summed E-state index contributed by atoms with van der Waals surface area (Å²) in [4.78, 5) is 12.2. The third-order valence-corrected chi connectivity index (χ3v) is 3.83. The van der Waals surface area contributed by atoms with Crippen molar-refractivity contribution in [3.8, 4) is 6.07 Å². The van der Waals surface area contributed by atoms with Crippen LogP contribution in [0, 0.1) is 23.2 Å². The number of fused-ring (bicyclic) bond motifs is 2. The Morgan fingerprint density at radius 1 is 1.40 bits per heavy atom. The Morgan fingerprint density at radius 2 is 2.15 bits per heavy atom. The molecule has 0 fully saturated rings. The lowest BCUT2D eigenvalue weighted by Gasteiger charge is -2.37. The molecule has 0 aromatic carbocycles. The monoisotopic (exact) mass is 270 g/mol. The van der Waals surface area contributed by atoms with Crippen molar-refractivity contribution < 1.29 is 14.3 Å². The van der Waals surface area contributed by atoms with E-state index in [0.717, 1.165) is 0 Å². The standard InChI is InChI=1S/C15H14N2O3/c1-2-8-10(7-16)14(17)20-13-9-5-3-4-6-11(9)19-15(18)12(8)13/h3-6,8-9,11H,2,17H2,1H3/t8-,9+,11-/m1/s1. The number of nitrogens with two attached hydrogens (primary N) is 1. The van der Waals surface area contributed by atoms with Crippen molar-refractivity contribution >= 4 is 5.97 Å². The summed E-state index contributed by atoms with van der Waals surface area (Å²) in [5, 5.41) is 9.20. The van der Waals surface area contributed by atoms with E-state index in [4.69, 9.17) is 15.2 Å². The molecule has 0 radical (unpaired) electrons. The minimum Gasteiger partial charge on any atom is -0.454 e. The maximum atomic E-state index is 12.2. The van der Waals surface area contributed by atoms with Crippen molar-refractivity contribution in [3.05, 3.63) is 47.1 Å². The number of ether oxygens (including phenoxy) is 2. The van der Waals surface area contributed by atoms with Crippen molar-refractivity contribution in [2.75, 3.05) is 0 Å². The number of nitrogens with zero attached hydrogens (tertiary/aromatic N) is 1. The van der Waals surface area contributed by atoms with Gasteiger partial charge >= 0.3 is 5.97 Å². The quantitative estimate of drug-likeness (QED) is 0.732. The molecule has 2 N–H and O–H groups in total. The second kappa shape index (κ2) is 4.57. The van der Waals surface area contributed by atoms with Crippen LogP contribution in [0.5, 0.6) is 0 Å². The van der Waals surface area contributed by atoms with E-state index >= 15 is 0 Å². The fourth-order valence-electron chi connectivity index (χ4n) is 2.87. The molecule has 20 heavy (non-hydrogen) atoms. The first-order chi connectivity index (χ1) is 9.67. The third-order valence-electron chi connectivity index (χ3n) is 3.83. The van der Waals surface area contributed by atoms with E-state index < -0.39 is 5.97 Å². The van der Waals surface area contributed by atoms with Crippen molar-refractivity contribution in [1.82, 2.24) is 0 Å². The highest BCUT2D eigenvalue weighted by Crippen LogP contribution is 2.42. The van der Waals surface area contributed by atoms with Crippen LogP contribution in [0.3, 0.4) is 0 Å². The molecule has 5 nitrogen and oxygen atoms in total. The molecule has 3 rings (SSSR count). The van der Waals surface area contributed by atoms with Gasteiger partial charge in [-0.2, -0.15) is 5.26 Å². The molecule has 3 atom stereocenters. The average Bonchev–Trinajstić information content (AvgIpc) is 2.46. The molecule has 0 spiro atoms. The number of nitriles is 1. The van der Waals surface area contributed by atoms with Crippen LogP contribution in [-0.2, 0) is 14.3 Å². The fourth-order valence-corrected chi connectivity index (χ4v) is 2.87. The van der Waals surface area contributed by atoms with Crippen LogP contribution in [0.4, 0.5) is 0 Å². The molecule has 0 unspecified atom stereocenters. The fraction of sp³-hybridized carbons (Fsp3) is 0.333. The molecule has 0 aromatic rings. The molecule has 0 saturated heterocycles. The van der Waals surface area contributed by atoms with Gasteiger partial charge in [-0.05, 0) is 12.5 Å². The summed E-state index contributed by atoms with van der Waals surface area (Å²) in [6, 6.07) is 2.04. The van der Waals surface area contributed by atoms with E-state index in [-0.39, 0.29) is 23.8 Å². The van der Waals surface area contributed by atoms with E-state index in [2.05, 4.69) is 0 Å². The van der Waals surface area contributed by atoms with Crippen molar-refractivity contribution in [3.63, 3.8) is 0 Å². The van der Waals surface area contributed by atoms with Gasteiger partial charge in [-0.25, -0.2) is 4.79 Å². The molecule has 1 aliphatic carbocycles. The van der Waals surface area contributed by atoms with Crippen LogP contribution in [0.15, 0.2) is 47.1 Å². The second-order valence-electron chi connectivity index (χ2n) is 4.90.